The maximum absolute atomic E-state index is 11.7. The van der Waals surface area contributed by atoms with Crippen molar-refractivity contribution in [3.05, 3.63) is 77.9 Å². The molecule has 0 spiro atoms. The van der Waals surface area contributed by atoms with E-state index in [0.29, 0.717) is 0 Å². The minimum Gasteiger partial charge on any atom is -0.289 e. The smallest absolute Gasteiger partial charge is 0.185 e. The summed E-state index contributed by atoms with van der Waals surface area (Å²) in [4.78, 5) is 11.7. The first-order valence-corrected chi connectivity index (χ1v) is 5.37. The van der Waals surface area contributed by atoms with E-state index < -0.39 is 0 Å². The summed E-state index contributed by atoms with van der Waals surface area (Å²) in [5, 5.41) is 13.0. The largest absolute Gasteiger partial charge is 0.289 e. The quantitative estimate of drug-likeness (QED) is 0.387. The highest BCUT2D eigenvalue weighted by atomic mass is 17.0. The van der Waals surface area contributed by atoms with Gasteiger partial charge in [0.05, 0.1) is 0 Å². The van der Waals surface area contributed by atoms with Gasteiger partial charge in [0.15, 0.2) is 5.78 Å². The van der Waals surface area contributed by atoms with E-state index in [-0.39, 0.29) is 5.78 Å². The van der Waals surface area contributed by atoms with Crippen LogP contribution in [0.25, 0.3) is 6.08 Å². The Kier molecular flexibility index (Phi) is 6.11. The second kappa shape index (κ2) is 7.95. The van der Waals surface area contributed by atoms with Crippen LogP contribution in [0, 0.1) is 0 Å². The predicted octanol–water partition coefficient (Wildman–Crippen LogP) is 3.47. The van der Waals surface area contributed by atoms with Crippen LogP contribution in [0.4, 0.5) is 0 Å². The first-order chi connectivity index (χ1) is 8.86. The molecule has 1 radical (unpaired) electrons. The summed E-state index contributed by atoms with van der Waals surface area (Å²) in [6, 6.07) is 19.1. The molecule has 3 nitrogen and oxygen atoms in total. The molecule has 0 saturated carbocycles. The fourth-order valence-corrected chi connectivity index (χ4v) is 1.43. The lowest BCUT2D eigenvalue weighted by Gasteiger charge is -1.94. The van der Waals surface area contributed by atoms with Crippen LogP contribution < -0.4 is 0 Å². The number of hydrogen-bond donors (Lipinski definition) is 1. The van der Waals surface area contributed by atoms with E-state index in [2.05, 4.69) is 0 Å². The van der Waals surface area contributed by atoms with Crippen LogP contribution in [0.2, 0.25) is 0 Å². The van der Waals surface area contributed by atoms with Gasteiger partial charge in [0.1, 0.15) is 0 Å². The first kappa shape index (κ1) is 13.8. The first-order valence-electron chi connectivity index (χ1n) is 5.37. The molecule has 0 fully saturated rings. The molecule has 2 aromatic carbocycles. The summed E-state index contributed by atoms with van der Waals surface area (Å²) < 4.78 is 0. The van der Waals surface area contributed by atoms with E-state index in [0.717, 1.165) is 11.1 Å². The third-order valence-corrected chi connectivity index (χ3v) is 2.29. The molecule has 91 valence electrons. The average molecular weight is 241 g/mol. The molecule has 0 amide bonds. The van der Waals surface area contributed by atoms with Gasteiger partial charge in [-0.3, -0.25) is 4.79 Å². The zero-order valence-corrected chi connectivity index (χ0v) is 9.69. The summed E-state index contributed by atoms with van der Waals surface area (Å²) in [5.74, 6) is 0.0319. The predicted molar refractivity (Wildman–Crippen MR) is 69.6 cm³/mol. The Hall–Kier alpha value is -2.23. The maximum Gasteiger partial charge on any atom is 0.185 e. The average Bonchev–Trinajstić information content (AvgIpc) is 2.49. The van der Waals surface area contributed by atoms with E-state index in [1.807, 2.05) is 66.7 Å². The van der Waals surface area contributed by atoms with Gasteiger partial charge in [-0.1, -0.05) is 66.7 Å². The van der Waals surface area contributed by atoms with Crippen LogP contribution in [0.15, 0.2) is 66.7 Å². The summed E-state index contributed by atoms with van der Waals surface area (Å²) in [7, 11) is 0. The van der Waals surface area contributed by atoms with E-state index >= 15 is 0 Å². The SMILES string of the molecule is O=C(C=Cc1ccccc1)c1ccccc1.[O]O. The van der Waals surface area contributed by atoms with E-state index in [4.69, 9.17) is 10.5 Å². The van der Waals surface area contributed by atoms with Crippen LogP contribution in [0.1, 0.15) is 15.9 Å². The van der Waals surface area contributed by atoms with Crippen molar-refractivity contribution in [3.63, 3.8) is 0 Å². The summed E-state index contributed by atoms with van der Waals surface area (Å²) >= 11 is 0. The standard InChI is InChI=1S/C15H12O.HO2/c16-15(14-9-5-2-6-10-14)12-11-13-7-3-1-4-8-13;1-2/h1-12H;1H. The fourth-order valence-electron chi connectivity index (χ4n) is 1.43. The van der Waals surface area contributed by atoms with Crippen molar-refractivity contribution in [1.29, 1.82) is 0 Å². The Morgan fingerprint density at radius 2 is 1.33 bits per heavy atom. The third kappa shape index (κ3) is 4.33. The second-order valence-electron chi connectivity index (χ2n) is 3.47. The minimum atomic E-state index is 0.0319. The summed E-state index contributed by atoms with van der Waals surface area (Å²) in [6.07, 6.45) is 3.43. The molecule has 0 atom stereocenters. The minimum absolute atomic E-state index is 0.0319. The Morgan fingerprint density at radius 3 is 1.89 bits per heavy atom. The maximum atomic E-state index is 11.7. The van der Waals surface area contributed by atoms with Crippen LogP contribution in [-0.4, -0.2) is 11.0 Å². The number of allylic oxidation sites excluding steroid dienone is 1. The zero-order chi connectivity index (χ0) is 13.2. The van der Waals surface area contributed by atoms with Crippen molar-refractivity contribution in [2.24, 2.45) is 0 Å². The molecule has 2 aromatic rings. The lowest BCUT2D eigenvalue weighted by Crippen LogP contribution is -1.92. The zero-order valence-electron chi connectivity index (χ0n) is 9.69. The third-order valence-electron chi connectivity index (χ3n) is 2.29. The molecule has 0 bridgehead atoms. The Labute approximate surface area is 106 Å². The van der Waals surface area contributed by atoms with Crippen LogP contribution in [0.3, 0.4) is 0 Å². The van der Waals surface area contributed by atoms with Gasteiger partial charge in [0, 0.05) is 5.56 Å². The van der Waals surface area contributed by atoms with Gasteiger partial charge in [0.2, 0.25) is 0 Å². The van der Waals surface area contributed by atoms with E-state index in [1.54, 1.807) is 6.08 Å². The van der Waals surface area contributed by atoms with Crippen molar-refractivity contribution in [3.8, 4) is 0 Å². The van der Waals surface area contributed by atoms with Gasteiger partial charge >= 0.3 is 0 Å². The molecule has 18 heavy (non-hydrogen) atoms. The van der Waals surface area contributed by atoms with Gasteiger partial charge < -0.3 is 0 Å². The highest BCUT2D eigenvalue weighted by molar-refractivity contribution is 6.06. The van der Waals surface area contributed by atoms with Gasteiger partial charge in [-0.05, 0) is 16.9 Å². The molecule has 1 N–H and O–H groups in total. The number of ketones is 1. The number of carbonyl (C=O) groups excluding carboxylic acids is 1. The van der Waals surface area contributed by atoms with E-state index in [1.165, 1.54) is 0 Å². The van der Waals surface area contributed by atoms with E-state index in [9.17, 15) is 4.79 Å². The molecule has 0 saturated heterocycles. The molecule has 0 aliphatic rings. The number of hydrogen-bond acceptors (Lipinski definition) is 2. The Bertz CT molecular complexity index is 490. The van der Waals surface area contributed by atoms with Gasteiger partial charge in [-0.15, -0.1) is 0 Å². The van der Waals surface area contributed by atoms with Crippen LogP contribution >= 0.6 is 0 Å². The van der Waals surface area contributed by atoms with Crippen LogP contribution in [0.5, 0.6) is 0 Å². The Balaban J connectivity index is 0.000000771. The van der Waals surface area contributed by atoms with Crippen molar-refractivity contribution in [1.82, 2.24) is 0 Å². The molecule has 0 unspecified atom stereocenters. The van der Waals surface area contributed by atoms with Crippen molar-refractivity contribution in [2.45, 2.75) is 0 Å². The Morgan fingerprint density at radius 1 is 0.833 bits per heavy atom. The summed E-state index contributed by atoms with van der Waals surface area (Å²) in [6.45, 7) is 0. The normalized spacial score (nSPS) is 9.67. The van der Waals surface area contributed by atoms with Crippen molar-refractivity contribution >= 4 is 11.9 Å². The van der Waals surface area contributed by atoms with Crippen molar-refractivity contribution < 1.29 is 15.3 Å². The molecule has 3 heteroatoms. The molecule has 0 heterocycles. The van der Waals surface area contributed by atoms with Gasteiger partial charge in [-0.2, -0.15) is 0 Å². The highest BCUT2D eigenvalue weighted by Gasteiger charge is 1.98. The molecule has 2 rings (SSSR count). The lowest BCUT2D eigenvalue weighted by molar-refractivity contribution is -0.247. The fraction of sp³-hybridized carbons (Fsp3) is 0. The van der Waals surface area contributed by atoms with Gasteiger partial charge in [-0.25, -0.2) is 5.26 Å². The number of carbonyl (C=O) groups is 1. The van der Waals surface area contributed by atoms with Crippen molar-refractivity contribution in [2.75, 3.05) is 0 Å². The number of benzene rings is 2. The lowest BCUT2D eigenvalue weighted by atomic mass is 10.1. The highest BCUT2D eigenvalue weighted by Crippen LogP contribution is 2.05. The van der Waals surface area contributed by atoms with Gasteiger partial charge in [0.25, 0.3) is 0 Å². The second-order valence-corrected chi connectivity index (χ2v) is 3.47. The monoisotopic (exact) mass is 241 g/mol. The molecule has 0 aliphatic heterocycles. The molecular formula is C15H13O3. The van der Waals surface area contributed by atoms with Crippen LogP contribution in [-0.2, 0) is 5.26 Å². The molecule has 0 aromatic heterocycles. The molecule has 0 aliphatic carbocycles. The molecular weight excluding hydrogens is 228 g/mol. The number of rotatable bonds is 3. The topological polar surface area (TPSA) is 57.2 Å². The summed E-state index contributed by atoms with van der Waals surface area (Å²) in [5.41, 5.74) is 1.75.